The number of nitrogens with one attached hydrogen (secondary N) is 2. The van der Waals surface area contributed by atoms with E-state index >= 15 is 0 Å². The molecule has 0 aliphatic heterocycles. The first kappa shape index (κ1) is 15.9. The molecule has 2 rings (SSSR count). The van der Waals surface area contributed by atoms with Gasteiger partial charge < -0.3 is 9.73 Å². The zero-order chi connectivity index (χ0) is 15.5. The van der Waals surface area contributed by atoms with E-state index in [1.165, 1.54) is 6.07 Å². The molecule has 1 aromatic heterocycles. The average Bonchev–Trinajstić information content (AvgIpc) is 2.81. The van der Waals surface area contributed by atoms with Gasteiger partial charge >= 0.3 is 0 Å². The third-order valence-corrected chi connectivity index (χ3v) is 4.68. The normalized spacial score (nSPS) is 11.6. The first-order valence-electron chi connectivity index (χ1n) is 6.51. The fourth-order valence-corrected chi connectivity index (χ4v) is 3.39. The molecule has 21 heavy (non-hydrogen) atoms. The van der Waals surface area contributed by atoms with Gasteiger partial charge in [0.1, 0.15) is 16.4 Å². The number of rotatable bonds is 6. The van der Waals surface area contributed by atoms with E-state index in [2.05, 4.69) is 10.0 Å². The highest BCUT2D eigenvalue weighted by atomic mass is 35.5. The average molecular weight is 329 g/mol. The van der Waals surface area contributed by atoms with Crippen molar-refractivity contribution in [3.05, 3.63) is 46.9 Å². The zero-order valence-electron chi connectivity index (χ0n) is 11.8. The maximum Gasteiger partial charge on any atom is 0.265 e. The summed E-state index contributed by atoms with van der Waals surface area (Å²) < 4.78 is 32.8. The van der Waals surface area contributed by atoms with Gasteiger partial charge in [-0.3, -0.25) is 4.72 Å². The molecule has 1 heterocycles. The Morgan fingerprint density at radius 1 is 1.29 bits per heavy atom. The molecule has 1 aromatic carbocycles. The number of sulfonamides is 1. The van der Waals surface area contributed by atoms with E-state index in [0.717, 1.165) is 6.54 Å². The molecule has 0 saturated heterocycles. The molecule has 0 saturated carbocycles. The quantitative estimate of drug-likeness (QED) is 0.854. The highest BCUT2D eigenvalue weighted by Crippen LogP contribution is 2.26. The van der Waals surface area contributed by atoms with E-state index in [-0.39, 0.29) is 4.90 Å². The van der Waals surface area contributed by atoms with Crippen molar-refractivity contribution in [2.24, 2.45) is 0 Å². The van der Waals surface area contributed by atoms with Gasteiger partial charge in [-0.1, -0.05) is 30.7 Å². The van der Waals surface area contributed by atoms with E-state index in [4.69, 9.17) is 16.0 Å². The van der Waals surface area contributed by atoms with Crippen molar-refractivity contribution >= 4 is 27.3 Å². The number of benzene rings is 1. The number of anilines is 1. The summed E-state index contributed by atoms with van der Waals surface area (Å²) in [7, 11) is -3.73. The topological polar surface area (TPSA) is 71.3 Å². The largest absolute Gasteiger partial charge is 0.464 e. The molecule has 2 N–H and O–H groups in total. The lowest BCUT2D eigenvalue weighted by molar-refractivity contribution is 0.460. The van der Waals surface area contributed by atoms with Crippen LogP contribution in [0.1, 0.15) is 18.4 Å². The van der Waals surface area contributed by atoms with Crippen molar-refractivity contribution in [1.29, 1.82) is 0 Å². The van der Waals surface area contributed by atoms with Gasteiger partial charge in [0.25, 0.3) is 10.0 Å². The third kappa shape index (κ3) is 3.78. The molecule has 114 valence electrons. The van der Waals surface area contributed by atoms with E-state index in [1.54, 1.807) is 31.2 Å². The number of halogens is 1. The first-order valence-corrected chi connectivity index (χ1v) is 8.37. The fraction of sp³-hybridized carbons (Fsp3) is 0.286. The molecule has 2 aromatic rings. The summed E-state index contributed by atoms with van der Waals surface area (Å²) in [4.78, 5) is 0.121. The molecule has 0 aliphatic rings. The van der Waals surface area contributed by atoms with Crippen molar-refractivity contribution in [1.82, 2.24) is 5.32 Å². The number of aryl methyl sites for hydroxylation is 1. The van der Waals surface area contributed by atoms with Gasteiger partial charge in [-0.15, -0.1) is 0 Å². The Morgan fingerprint density at radius 3 is 2.67 bits per heavy atom. The Morgan fingerprint density at radius 2 is 2.00 bits per heavy atom. The van der Waals surface area contributed by atoms with E-state index in [9.17, 15) is 8.42 Å². The van der Waals surface area contributed by atoms with Gasteiger partial charge in [0.15, 0.2) is 0 Å². The lowest BCUT2D eigenvalue weighted by Crippen LogP contribution is -2.13. The lowest BCUT2D eigenvalue weighted by atomic mass is 10.3. The van der Waals surface area contributed by atoms with Crippen LogP contribution >= 0.6 is 11.6 Å². The second kappa shape index (κ2) is 6.51. The Labute approximate surface area is 129 Å². The van der Waals surface area contributed by atoms with Crippen molar-refractivity contribution < 1.29 is 12.8 Å². The second-order valence-corrected chi connectivity index (χ2v) is 6.56. The maximum atomic E-state index is 12.4. The van der Waals surface area contributed by atoms with Gasteiger partial charge in [-0.2, -0.15) is 0 Å². The molecule has 7 heteroatoms. The van der Waals surface area contributed by atoms with Crippen LogP contribution in [0.3, 0.4) is 0 Å². The predicted molar refractivity (Wildman–Crippen MR) is 83.1 cm³/mol. The number of hydrogen-bond donors (Lipinski definition) is 2. The highest BCUT2D eigenvalue weighted by Gasteiger charge is 2.22. The van der Waals surface area contributed by atoms with Crippen LogP contribution in [-0.4, -0.2) is 15.0 Å². The summed E-state index contributed by atoms with van der Waals surface area (Å²) in [6, 6.07) is 8.20. The molecule has 0 aliphatic carbocycles. The molecule has 0 atom stereocenters. The molecule has 0 unspecified atom stereocenters. The lowest BCUT2D eigenvalue weighted by Gasteiger charge is -2.08. The van der Waals surface area contributed by atoms with Crippen LogP contribution in [0.4, 0.5) is 5.69 Å². The Bertz CT molecular complexity index is 726. The van der Waals surface area contributed by atoms with Crippen molar-refractivity contribution in [3.63, 3.8) is 0 Å². The van der Waals surface area contributed by atoms with Crippen molar-refractivity contribution in [3.8, 4) is 0 Å². The smallest absolute Gasteiger partial charge is 0.265 e. The highest BCUT2D eigenvalue weighted by molar-refractivity contribution is 7.92. The molecule has 5 nitrogen and oxygen atoms in total. The minimum Gasteiger partial charge on any atom is -0.464 e. The second-order valence-electron chi connectivity index (χ2n) is 4.50. The molecule has 0 spiro atoms. The van der Waals surface area contributed by atoms with Crippen molar-refractivity contribution in [2.45, 2.75) is 25.3 Å². The predicted octanol–water partition coefficient (Wildman–Crippen LogP) is 3.15. The van der Waals surface area contributed by atoms with Crippen molar-refractivity contribution in [2.75, 3.05) is 11.3 Å². The van der Waals surface area contributed by atoms with E-state index < -0.39 is 10.0 Å². The minimum atomic E-state index is -3.73. The molecule has 0 bridgehead atoms. The molecule has 0 radical (unpaired) electrons. The number of para-hydroxylation sites is 1. The van der Waals surface area contributed by atoms with Gasteiger partial charge in [0.2, 0.25) is 0 Å². The van der Waals surface area contributed by atoms with Gasteiger partial charge in [-0.25, -0.2) is 8.42 Å². The molecular formula is C14H17ClN2O3S. The van der Waals surface area contributed by atoms with Crippen LogP contribution in [0.15, 0.2) is 39.6 Å². The Balaban J connectivity index is 2.27. The first-order chi connectivity index (χ1) is 9.94. The number of furan rings is 1. The minimum absolute atomic E-state index is 0.121. The van der Waals surface area contributed by atoms with Gasteiger partial charge in [0.05, 0.1) is 17.3 Å². The monoisotopic (exact) mass is 328 g/mol. The van der Waals surface area contributed by atoms with E-state index in [1.807, 2.05) is 6.92 Å². The van der Waals surface area contributed by atoms with Crippen LogP contribution < -0.4 is 10.0 Å². The summed E-state index contributed by atoms with van der Waals surface area (Å²) in [5.74, 6) is 0.927. The molecule has 0 amide bonds. The fourth-order valence-electron chi connectivity index (χ4n) is 1.87. The van der Waals surface area contributed by atoms with Gasteiger partial charge in [0, 0.05) is 6.07 Å². The van der Waals surface area contributed by atoms with Gasteiger partial charge in [-0.05, 0) is 25.6 Å². The van der Waals surface area contributed by atoms with Crippen LogP contribution in [0.2, 0.25) is 5.02 Å². The summed E-state index contributed by atoms with van der Waals surface area (Å²) in [5, 5.41) is 3.43. The van der Waals surface area contributed by atoms with Crippen LogP contribution in [-0.2, 0) is 16.6 Å². The maximum absolute atomic E-state index is 12.4. The van der Waals surface area contributed by atoms with Crippen LogP contribution in [0.5, 0.6) is 0 Å². The summed E-state index contributed by atoms with van der Waals surface area (Å²) in [6.45, 7) is 4.85. The Kier molecular flexibility index (Phi) is 4.92. The van der Waals surface area contributed by atoms with E-state index in [0.29, 0.717) is 28.8 Å². The standard InChI is InChI=1S/C14H17ClN2O3S/c1-3-16-9-11-8-14(10(2)20-11)21(18,19)17-13-7-5-4-6-12(13)15/h4-8,16-17H,3,9H2,1-2H3. The number of hydrogen-bond acceptors (Lipinski definition) is 4. The zero-order valence-corrected chi connectivity index (χ0v) is 13.4. The summed E-state index contributed by atoms with van der Waals surface area (Å²) in [5.41, 5.74) is 0.341. The summed E-state index contributed by atoms with van der Waals surface area (Å²) in [6.07, 6.45) is 0. The SMILES string of the molecule is CCNCc1cc(S(=O)(=O)Nc2ccccc2Cl)c(C)o1. The van der Waals surface area contributed by atoms with Crippen LogP contribution in [0.25, 0.3) is 0 Å². The molecular weight excluding hydrogens is 312 g/mol. The third-order valence-electron chi connectivity index (χ3n) is 2.88. The van der Waals surface area contributed by atoms with Crippen LogP contribution in [0, 0.1) is 6.92 Å². The Hall–Kier alpha value is -1.50. The molecule has 0 fully saturated rings. The summed E-state index contributed by atoms with van der Waals surface area (Å²) >= 11 is 5.97.